The van der Waals surface area contributed by atoms with Crippen LogP contribution in [0, 0.1) is 5.92 Å². The number of amides is 1. The Hall–Kier alpha value is -1.02. The second-order valence-corrected chi connectivity index (χ2v) is 6.21. The second-order valence-electron chi connectivity index (χ2n) is 5.90. The lowest BCUT2D eigenvalue weighted by Crippen LogP contribution is -2.48. The molecule has 1 atom stereocenters. The summed E-state index contributed by atoms with van der Waals surface area (Å²) in [6.07, 6.45) is 2.20. The number of alkyl halides is 1. The molecule has 0 saturated carbocycles. The Balaban J connectivity index is 2.14. The SMILES string of the molecule is CC(C)(C(=O)N1CCCC(CCl)C1)c1ccccc1. The molecular weight excluding hydrogens is 258 g/mol. The molecule has 1 aliphatic heterocycles. The van der Waals surface area contributed by atoms with Crippen LogP contribution in [0.1, 0.15) is 32.3 Å². The number of benzene rings is 1. The van der Waals surface area contributed by atoms with Gasteiger partial charge in [-0.05, 0) is 38.2 Å². The average Bonchev–Trinajstić information content (AvgIpc) is 2.47. The van der Waals surface area contributed by atoms with E-state index in [2.05, 4.69) is 0 Å². The minimum atomic E-state index is -0.463. The van der Waals surface area contributed by atoms with Crippen molar-refractivity contribution >= 4 is 17.5 Å². The molecule has 0 aromatic heterocycles. The molecule has 1 heterocycles. The lowest BCUT2D eigenvalue weighted by atomic mass is 9.82. The maximum Gasteiger partial charge on any atom is 0.232 e. The topological polar surface area (TPSA) is 20.3 Å². The van der Waals surface area contributed by atoms with Gasteiger partial charge in [-0.2, -0.15) is 0 Å². The first kappa shape index (κ1) is 14.4. The van der Waals surface area contributed by atoms with E-state index in [9.17, 15) is 4.79 Å². The van der Waals surface area contributed by atoms with Gasteiger partial charge in [0, 0.05) is 19.0 Å². The molecule has 1 aromatic rings. The molecule has 2 nitrogen and oxygen atoms in total. The molecule has 1 saturated heterocycles. The quantitative estimate of drug-likeness (QED) is 0.776. The van der Waals surface area contributed by atoms with E-state index in [0.717, 1.165) is 31.5 Å². The van der Waals surface area contributed by atoms with E-state index in [1.165, 1.54) is 0 Å². The lowest BCUT2D eigenvalue weighted by Gasteiger charge is -2.37. The van der Waals surface area contributed by atoms with Crippen LogP contribution in [0.15, 0.2) is 30.3 Å². The highest BCUT2D eigenvalue weighted by Gasteiger charge is 2.35. The minimum absolute atomic E-state index is 0.216. The first-order valence-electron chi connectivity index (χ1n) is 6.96. The number of hydrogen-bond acceptors (Lipinski definition) is 1. The molecule has 1 aromatic carbocycles. The van der Waals surface area contributed by atoms with Crippen molar-refractivity contribution in [3.8, 4) is 0 Å². The van der Waals surface area contributed by atoms with E-state index in [4.69, 9.17) is 11.6 Å². The largest absolute Gasteiger partial charge is 0.342 e. The van der Waals surface area contributed by atoms with Crippen molar-refractivity contribution in [2.45, 2.75) is 32.1 Å². The van der Waals surface area contributed by atoms with Crippen LogP contribution in [0.5, 0.6) is 0 Å². The van der Waals surface area contributed by atoms with Gasteiger partial charge in [-0.25, -0.2) is 0 Å². The van der Waals surface area contributed by atoms with Crippen LogP contribution in [0.2, 0.25) is 0 Å². The Morgan fingerprint density at radius 2 is 2.05 bits per heavy atom. The Labute approximate surface area is 120 Å². The predicted octanol–water partition coefficient (Wildman–Crippen LogP) is 3.44. The molecule has 1 aliphatic rings. The van der Waals surface area contributed by atoms with E-state index in [0.29, 0.717) is 11.8 Å². The number of hydrogen-bond donors (Lipinski definition) is 0. The van der Waals surface area contributed by atoms with E-state index in [1.807, 2.05) is 49.1 Å². The van der Waals surface area contributed by atoms with Gasteiger partial charge in [-0.15, -0.1) is 11.6 Å². The summed E-state index contributed by atoms with van der Waals surface area (Å²) in [4.78, 5) is 14.8. The van der Waals surface area contributed by atoms with Gasteiger partial charge >= 0.3 is 0 Å². The first-order valence-corrected chi connectivity index (χ1v) is 7.50. The monoisotopic (exact) mass is 279 g/mol. The highest BCUT2D eigenvalue weighted by atomic mass is 35.5. The number of carbonyl (C=O) groups excluding carboxylic acids is 1. The van der Waals surface area contributed by atoms with Crippen LogP contribution in [-0.2, 0) is 10.2 Å². The Morgan fingerprint density at radius 1 is 1.37 bits per heavy atom. The average molecular weight is 280 g/mol. The number of rotatable bonds is 3. The van der Waals surface area contributed by atoms with Gasteiger partial charge in [0.05, 0.1) is 5.41 Å². The van der Waals surface area contributed by atoms with Crippen molar-refractivity contribution < 1.29 is 4.79 Å². The van der Waals surface area contributed by atoms with Gasteiger partial charge in [0.15, 0.2) is 0 Å². The number of nitrogens with zero attached hydrogens (tertiary/aromatic N) is 1. The van der Waals surface area contributed by atoms with Crippen molar-refractivity contribution in [1.29, 1.82) is 0 Å². The number of likely N-dealkylation sites (tertiary alicyclic amines) is 1. The van der Waals surface area contributed by atoms with Crippen LogP contribution in [0.4, 0.5) is 0 Å². The molecule has 2 rings (SSSR count). The Bertz CT molecular complexity index is 430. The summed E-state index contributed by atoms with van der Waals surface area (Å²) in [7, 11) is 0. The fourth-order valence-electron chi connectivity index (χ4n) is 2.75. The number of piperidine rings is 1. The molecule has 19 heavy (non-hydrogen) atoms. The molecule has 1 unspecified atom stereocenters. The van der Waals surface area contributed by atoms with Crippen LogP contribution >= 0.6 is 11.6 Å². The molecule has 104 valence electrons. The molecule has 0 spiro atoms. The third-order valence-electron chi connectivity index (χ3n) is 4.05. The molecule has 3 heteroatoms. The molecule has 0 aliphatic carbocycles. The standard InChI is InChI=1S/C16H22ClNO/c1-16(2,14-8-4-3-5-9-14)15(19)18-10-6-7-13(11-17)12-18/h3-5,8-9,13H,6-7,10-12H2,1-2H3. The first-order chi connectivity index (χ1) is 9.05. The van der Waals surface area contributed by atoms with Crippen molar-refractivity contribution in [3.63, 3.8) is 0 Å². The van der Waals surface area contributed by atoms with E-state index in [-0.39, 0.29) is 5.91 Å². The number of halogens is 1. The van der Waals surface area contributed by atoms with Gasteiger partial charge in [-0.3, -0.25) is 4.79 Å². The van der Waals surface area contributed by atoms with Gasteiger partial charge < -0.3 is 4.90 Å². The van der Waals surface area contributed by atoms with Crippen molar-refractivity contribution in [3.05, 3.63) is 35.9 Å². The zero-order valence-corrected chi connectivity index (χ0v) is 12.5. The van der Waals surface area contributed by atoms with Crippen LogP contribution < -0.4 is 0 Å². The fraction of sp³-hybridized carbons (Fsp3) is 0.562. The van der Waals surface area contributed by atoms with Crippen LogP contribution in [0.3, 0.4) is 0 Å². The van der Waals surface area contributed by atoms with E-state index < -0.39 is 5.41 Å². The molecule has 0 bridgehead atoms. The zero-order chi connectivity index (χ0) is 13.9. The summed E-state index contributed by atoms with van der Waals surface area (Å²) in [6.45, 7) is 5.69. The maximum atomic E-state index is 12.8. The smallest absolute Gasteiger partial charge is 0.232 e. The maximum absolute atomic E-state index is 12.8. The highest BCUT2D eigenvalue weighted by molar-refractivity contribution is 6.18. The van der Waals surface area contributed by atoms with Crippen LogP contribution in [-0.4, -0.2) is 29.8 Å². The summed E-state index contributed by atoms with van der Waals surface area (Å²) >= 11 is 5.94. The van der Waals surface area contributed by atoms with E-state index in [1.54, 1.807) is 0 Å². The minimum Gasteiger partial charge on any atom is -0.342 e. The molecule has 1 fully saturated rings. The third-order valence-corrected chi connectivity index (χ3v) is 4.49. The summed E-state index contributed by atoms with van der Waals surface area (Å²) in [5.41, 5.74) is 0.614. The molecule has 0 N–H and O–H groups in total. The molecule has 0 radical (unpaired) electrons. The van der Waals surface area contributed by atoms with Crippen molar-refractivity contribution in [1.82, 2.24) is 4.90 Å². The highest BCUT2D eigenvalue weighted by Crippen LogP contribution is 2.28. The zero-order valence-electron chi connectivity index (χ0n) is 11.7. The normalized spacial score (nSPS) is 20.4. The lowest BCUT2D eigenvalue weighted by molar-refractivity contribution is -0.138. The van der Waals surface area contributed by atoms with Gasteiger partial charge in [-0.1, -0.05) is 30.3 Å². The Kier molecular flexibility index (Phi) is 4.51. The molecular formula is C16H22ClNO. The Morgan fingerprint density at radius 3 is 2.68 bits per heavy atom. The number of carbonyl (C=O) groups is 1. The predicted molar refractivity (Wildman–Crippen MR) is 79.5 cm³/mol. The van der Waals surface area contributed by atoms with Crippen LogP contribution in [0.25, 0.3) is 0 Å². The van der Waals surface area contributed by atoms with Gasteiger partial charge in [0.2, 0.25) is 5.91 Å². The second kappa shape index (κ2) is 5.96. The van der Waals surface area contributed by atoms with E-state index >= 15 is 0 Å². The summed E-state index contributed by atoms with van der Waals surface area (Å²) < 4.78 is 0. The van der Waals surface area contributed by atoms with Crippen molar-refractivity contribution in [2.75, 3.05) is 19.0 Å². The van der Waals surface area contributed by atoms with Crippen molar-refractivity contribution in [2.24, 2.45) is 5.92 Å². The van der Waals surface area contributed by atoms with Gasteiger partial charge in [0.1, 0.15) is 0 Å². The fourth-order valence-corrected chi connectivity index (χ4v) is 3.00. The molecule has 1 amide bonds. The summed E-state index contributed by atoms with van der Waals surface area (Å²) in [5, 5.41) is 0. The van der Waals surface area contributed by atoms with Gasteiger partial charge in [0.25, 0.3) is 0 Å². The third kappa shape index (κ3) is 3.11. The summed E-state index contributed by atoms with van der Waals surface area (Å²) in [6, 6.07) is 10.0. The summed E-state index contributed by atoms with van der Waals surface area (Å²) in [5.74, 6) is 1.31.